The summed E-state index contributed by atoms with van der Waals surface area (Å²) >= 11 is 0. The SMILES string of the molecule is O=c1on(Cc2ccccc2)cc1C(F)(F)F. The fraction of sp³-hybridized carbons (Fsp3) is 0.182. The molecular formula is C11H8F3NO2. The first-order valence-corrected chi connectivity index (χ1v) is 4.79. The Balaban J connectivity index is 2.28. The van der Waals surface area contributed by atoms with E-state index in [1.165, 1.54) is 0 Å². The highest BCUT2D eigenvalue weighted by atomic mass is 19.4. The van der Waals surface area contributed by atoms with E-state index in [0.717, 1.165) is 10.3 Å². The summed E-state index contributed by atoms with van der Waals surface area (Å²) in [6.07, 6.45) is -4.00. The molecule has 0 aliphatic rings. The summed E-state index contributed by atoms with van der Waals surface area (Å²) < 4.78 is 42.3. The van der Waals surface area contributed by atoms with Crippen LogP contribution in [0.25, 0.3) is 0 Å². The Morgan fingerprint density at radius 3 is 2.35 bits per heavy atom. The van der Waals surface area contributed by atoms with Gasteiger partial charge in [0.25, 0.3) is 0 Å². The molecule has 2 rings (SSSR count). The van der Waals surface area contributed by atoms with Gasteiger partial charge in [-0.2, -0.15) is 13.2 Å². The zero-order valence-corrected chi connectivity index (χ0v) is 8.57. The van der Waals surface area contributed by atoms with Crippen LogP contribution in [0.15, 0.2) is 45.8 Å². The van der Waals surface area contributed by atoms with Crippen molar-refractivity contribution < 1.29 is 17.7 Å². The maximum atomic E-state index is 12.3. The zero-order valence-electron chi connectivity index (χ0n) is 8.57. The summed E-state index contributed by atoms with van der Waals surface area (Å²) in [5.41, 5.74) is -1.90. The largest absolute Gasteiger partial charge is 0.425 e. The van der Waals surface area contributed by atoms with Gasteiger partial charge in [0.2, 0.25) is 0 Å². The number of rotatable bonds is 2. The number of halogens is 3. The summed E-state index contributed by atoms with van der Waals surface area (Å²) in [6.45, 7) is 0.0894. The minimum absolute atomic E-state index is 0.0894. The fourth-order valence-corrected chi connectivity index (χ4v) is 1.41. The van der Waals surface area contributed by atoms with Gasteiger partial charge in [-0.05, 0) is 5.56 Å². The normalized spacial score (nSPS) is 11.7. The van der Waals surface area contributed by atoms with Gasteiger partial charge in [-0.3, -0.25) is 0 Å². The molecule has 0 atom stereocenters. The molecule has 6 heteroatoms. The molecule has 1 aromatic carbocycles. The molecule has 1 heterocycles. The quantitative estimate of drug-likeness (QED) is 0.812. The second-order valence-corrected chi connectivity index (χ2v) is 3.48. The van der Waals surface area contributed by atoms with E-state index in [2.05, 4.69) is 4.52 Å². The second-order valence-electron chi connectivity index (χ2n) is 3.48. The van der Waals surface area contributed by atoms with Crippen LogP contribution in [0.3, 0.4) is 0 Å². The number of alkyl halides is 3. The Labute approximate surface area is 94.1 Å². The van der Waals surface area contributed by atoms with Gasteiger partial charge in [0.05, 0.1) is 12.7 Å². The molecule has 3 nitrogen and oxygen atoms in total. The van der Waals surface area contributed by atoms with E-state index in [1.807, 2.05) is 0 Å². The van der Waals surface area contributed by atoms with E-state index in [1.54, 1.807) is 30.3 Å². The summed E-state index contributed by atoms with van der Waals surface area (Å²) in [6, 6.07) is 8.75. The molecule has 0 N–H and O–H groups in total. The lowest BCUT2D eigenvalue weighted by atomic mass is 10.2. The lowest BCUT2D eigenvalue weighted by molar-refractivity contribution is -0.138. The molecule has 0 amide bonds. The van der Waals surface area contributed by atoms with Crippen LogP contribution in [-0.4, -0.2) is 4.74 Å². The molecule has 0 aliphatic carbocycles. The Hall–Kier alpha value is -1.98. The van der Waals surface area contributed by atoms with Crippen molar-refractivity contribution in [2.75, 3.05) is 0 Å². The van der Waals surface area contributed by atoms with E-state index in [-0.39, 0.29) is 6.54 Å². The van der Waals surface area contributed by atoms with Crippen molar-refractivity contribution >= 4 is 0 Å². The van der Waals surface area contributed by atoms with Crippen LogP contribution >= 0.6 is 0 Å². The summed E-state index contributed by atoms with van der Waals surface area (Å²) in [7, 11) is 0. The molecule has 90 valence electrons. The highest BCUT2D eigenvalue weighted by Crippen LogP contribution is 2.26. The summed E-state index contributed by atoms with van der Waals surface area (Å²) in [5.74, 6) is 0. The van der Waals surface area contributed by atoms with Crippen LogP contribution in [0.5, 0.6) is 0 Å². The van der Waals surface area contributed by atoms with Crippen LogP contribution in [-0.2, 0) is 12.7 Å². The third kappa shape index (κ3) is 2.58. The molecule has 0 saturated carbocycles. The van der Waals surface area contributed by atoms with Gasteiger partial charge in [0, 0.05) is 0 Å². The van der Waals surface area contributed by atoms with Crippen LogP contribution in [0.4, 0.5) is 13.2 Å². The minimum atomic E-state index is -4.68. The molecular weight excluding hydrogens is 235 g/mol. The van der Waals surface area contributed by atoms with Gasteiger partial charge in [-0.1, -0.05) is 30.3 Å². The third-order valence-corrected chi connectivity index (χ3v) is 2.18. The van der Waals surface area contributed by atoms with Crippen molar-refractivity contribution in [3.05, 3.63) is 58.1 Å². The van der Waals surface area contributed by atoms with Crippen LogP contribution in [0.2, 0.25) is 0 Å². The van der Waals surface area contributed by atoms with E-state index >= 15 is 0 Å². The van der Waals surface area contributed by atoms with Gasteiger partial charge in [0.15, 0.2) is 5.56 Å². The third-order valence-electron chi connectivity index (χ3n) is 2.18. The first-order chi connectivity index (χ1) is 7.97. The monoisotopic (exact) mass is 243 g/mol. The number of hydrogen-bond acceptors (Lipinski definition) is 2. The van der Waals surface area contributed by atoms with E-state index < -0.39 is 17.4 Å². The maximum Gasteiger partial charge on any atom is 0.425 e. The minimum Gasteiger partial charge on any atom is -0.336 e. The fourth-order valence-electron chi connectivity index (χ4n) is 1.41. The molecule has 17 heavy (non-hydrogen) atoms. The summed E-state index contributed by atoms with van der Waals surface area (Å²) in [5, 5.41) is 0. The van der Waals surface area contributed by atoms with Crippen LogP contribution in [0, 0.1) is 0 Å². The molecule has 0 radical (unpaired) electrons. The highest BCUT2D eigenvalue weighted by Gasteiger charge is 2.36. The Kier molecular flexibility index (Phi) is 2.79. The molecule has 0 bridgehead atoms. The molecule has 0 saturated heterocycles. The zero-order chi connectivity index (χ0) is 12.5. The molecule has 0 spiro atoms. The lowest BCUT2D eigenvalue weighted by Crippen LogP contribution is -2.13. The Morgan fingerprint density at radius 2 is 1.82 bits per heavy atom. The van der Waals surface area contributed by atoms with Gasteiger partial charge in [0.1, 0.15) is 0 Å². The number of aromatic nitrogens is 1. The van der Waals surface area contributed by atoms with Crippen molar-refractivity contribution in [1.29, 1.82) is 0 Å². The van der Waals surface area contributed by atoms with Gasteiger partial charge >= 0.3 is 11.8 Å². The van der Waals surface area contributed by atoms with E-state index in [4.69, 9.17) is 0 Å². The van der Waals surface area contributed by atoms with E-state index in [0.29, 0.717) is 6.20 Å². The number of nitrogens with zero attached hydrogens (tertiary/aromatic N) is 1. The Morgan fingerprint density at radius 1 is 1.18 bits per heavy atom. The topological polar surface area (TPSA) is 35.1 Å². The summed E-state index contributed by atoms with van der Waals surface area (Å²) in [4.78, 5) is 11.0. The maximum absolute atomic E-state index is 12.3. The average Bonchev–Trinajstić information content (AvgIpc) is 2.60. The molecule has 0 aliphatic heterocycles. The van der Waals surface area contributed by atoms with Crippen molar-refractivity contribution in [3.63, 3.8) is 0 Å². The lowest BCUT2D eigenvalue weighted by Gasteiger charge is -2.00. The predicted molar refractivity (Wildman–Crippen MR) is 53.5 cm³/mol. The smallest absolute Gasteiger partial charge is 0.336 e. The standard InChI is InChI=1S/C11H8F3NO2/c12-11(13,14)9-7-15(17-10(9)16)6-8-4-2-1-3-5-8/h1-5,7H,6H2. The van der Waals surface area contributed by atoms with Crippen LogP contribution < -0.4 is 5.63 Å². The van der Waals surface area contributed by atoms with Gasteiger partial charge in [-0.15, -0.1) is 0 Å². The average molecular weight is 243 g/mol. The van der Waals surface area contributed by atoms with Gasteiger partial charge < -0.3 is 4.52 Å². The molecule has 0 fully saturated rings. The van der Waals surface area contributed by atoms with Crippen LogP contribution in [0.1, 0.15) is 11.1 Å². The second kappa shape index (κ2) is 4.12. The first-order valence-electron chi connectivity index (χ1n) is 4.79. The molecule has 2 aromatic rings. The Bertz CT molecular complexity index is 554. The predicted octanol–water partition coefficient (Wildman–Crippen LogP) is 2.51. The van der Waals surface area contributed by atoms with Gasteiger partial charge in [-0.25, -0.2) is 9.53 Å². The van der Waals surface area contributed by atoms with Crippen molar-refractivity contribution in [2.24, 2.45) is 0 Å². The van der Waals surface area contributed by atoms with Crippen molar-refractivity contribution in [1.82, 2.24) is 4.74 Å². The molecule has 0 unspecified atom stereocenters. The van der Waals surface area contributed by atoms with Crippen molar-refractivity contribution in [2.45, 2.75) is 12.7 Å². The number of benzene rings is 1. The first kappa shape index (κ1) is 11.5. The van der Waals surface area contributed by atoms with Crippen molar-refractivity contribution in [3.8, 4) is 0 Å². The number of hydrogen-bond donors (Lipinski definition) is 0. The highest BCUT2D eigenvalue weighted by molar-refractivity contribution is 5.15. The van der Waals surface area contributed by atoms with E-state index in [9.17, 15) is 18.0 Å². The molecule has 1 aromatic heterocycles.